The van der Waals surface area contributed by atoms with Gasteiger partial charge < -0.3 is 15.2 Å². The Kier molecular flexibility index (Phi) is 3.85. The second kappa shape index (κ2) is 6.00. The van der Waals surface area contributed by atoms with Gasteiger partial charge in [-0.05, 0) is 68.8 Å². The third-order valence-electron chi connectivity index (χ3n) is 5.29. The number of likely N-dealkylation sites (tertiary alicyclic amines) is 1. The molecule has 4 nitrogen and oxygen atoms in total. The van der Waals surface area contributed by atoms with Gasteiger partial charge in [0.2, 0.25) is 0 Å². The number of benzene rings is 1. The van der Waals surface area contributed by atoms with E-state index in [-0.39, 0.29) is 5.91 Å². The molecule has 4 rings (SSSR count). The Bertz CT molecular complexity index is 716. The number of rotatable bonds is 5. The fraction of sp³-hybridized carbons (Fsp3) is 0.526. The van der Waals surface area contributed by atoms with E-state index in [1.165, 1.54) is 36.8 Å². The first-order chi connectivity index (χ1) is 11.2. The molecule has 2 N–H and O–H groups in total. The summed E-state index contributed by atoms with van der Waals surface area (Å²) in [5, 5.41) is 4.30. The van der Waals surface area contributed by atoms with Crippen molar-refractivity contribution in [1.29, 1.82) is 0 Å². The second-order valence-electron chi connectivity index (χ2n) is 7.23. The zero-order valence-corrected chi connectivity index (χ0v) is 13.8. The molecule has 4 heteroatoms. The first-order valence-corrected chi connectivity index (χ1v) is 8.79. The summed E-state index contributed by atoms with van der Waals surface area (Å²) in [6.07, 6.45) is 4.89. The van der Waals surface area contributed by atoms with E-state index in [0.29, 0.717) is 11.6 Å². The van der Waals surface area contributed by atoms with Crippen molar-refractivity contribution in [3.05, 3.63) is 35.5 Å². The van der Waals surface area contributed by atoms with Crippen LogP contribution in [0.2, 0.25) is 0 Å². The number of hydrogen-bond donors (Lipinski definition) is 2. The van der Waals surface area contributed by atoms with Gasteiger partial charge in [0.25, 0.3) is 5.91 Å². The molecule has 122 valence electrons. The molecule has 2 aliphatic rings. The molecule has 2 fully saturated rings. The molecule has 2 aromatic rings. The molecular formula is C19H25N3O. The number of fused-ring (bicyclic) bond motifs is 1. The molecule has 2 heterocycles. The largest absolute Gasteiger partial charge is 0.351 e. The van der Waals surface area contributed by atoms with E-state index in [1.807, 2.05) is 6.07 Å². The molecule has 1 aliphatic carbocycles. The van der Waals surface area contributed by atoms with Crippen LogP contribution in [0, 0.1) is 5.92 Å². The van der Waals surface area contributed by atoms with Crippen LogP contribution in [0.25, 0.3) is 10.9 Å². The molecule has 23 heavy (non-hydrogen) atoms. The van der Waals surface area contributed by atoms with E-state index < -0.39 is 0 Å². The van der Waals surface area contributed by atoms with Crippen LogP contribution in [0.5, 0.6) is 0 Å². The van der Waals surface area contributed by atoms with Crippen molar-refractivity contribution in [3.63, 3.8) is 0 Å². The number of carbonyl (C=O) groups is 1. The van der Waals surface area contributed by atoms with Crippen LogP contribution in [0.3, 0.4) is 0 Å². The van der Waals surface area contributed by atoms with E-state index in [0.717, 1.165) is 30.9 Å². The zero-order valence-electron chi connectivity index (χ0n) is 13.8. The lowest BCUT2D eigenvalue weighted by molar-refractivity contribution is 0.0947. The molecule has 0 bridgehead atoms. The van der Waals surface area contributed by atoms with Gasteiger partial charge in [0, 0.05) is 24.0 Å². The predicted molar refractivity (Wildman–Crippen MR) is 92.8 cm³/mol. The van der Waals surface area contributed by atoms with E-state index in [4.69, 9.17) is 0 Å². The molecule has 1 aromatic heterocycles. The number of H-pyrrole nitrogens is 1. The summed E-state index contributed by atoms with van der Waals surface area (Å²) in [5.41, 5.74) is 3.17. The minimum absolute atomic E-state index is 0.0225. The molecule has 1 aliphatic heterocycles. The Morgan fingerprint density at radius 3 is 2.96 bits per heavy atom. The number of carbonyl (C=O) groups excluding carboxylic acids is 1. The highest BCUT2D eigenvalue weighted by molar-refractivity contribution is 5.99. The van der Waals surface area contributed by atoms with Gasteiger partial charge in [-0.3, -0.25) is 4.79 Å². The molecule has 1 atom stereocenters. The van der Waals surface area contributed by atoms with Gasteiger partial charge in [0.05, 0.1) is 0 Å². The summed E-state index contributed by atoms with van der Waals surface area (Å²) in [6.45, 7) is 3.11. The maximum absolute atomic E-state index is 12.4. The number of nitrogens with zero attached hydrogens (tertiary/aromatic N) is 1. The van der Waals surface area contributed by atoms with Crippen LogP contribution < -0.4 is 5.32 Å². The summed E-state index contributed by atoms with van der Waals surface area (Å²) in [6, 6.07) is 8.38. The average molecular weight is 311 g/mol. The minimum atomic E-state index is 0.0225. The lowest BCUT2D eigenvalue weighted by Gasteiger charge is -2.10. The van der Waals surface area contributed by atoms with Crippen LogP contribution in [0.1, 0.15) is 47.7 Å². The Morgan fingerprint density at radius 1 is 1.35 bits per heavy atom. The third kappa shape index (κ3) is 3.13. The number of nitrogens with one attached hydrogen (secondary N) is 2. The highest BCUT2D eigenvalue weighted by atomic mass is 16.1. The van der Waals surface area contributed by atoms with Crippen LogP contribution in [0.15, 0.2) is 24.3 Å². The van der Waals surface area contributed by atoms with Gasteiger partial charge in [-0.25, -0.2) is 0 Å². The van der Waals surface area contributed by atoms with E-state index in [9.17, 15) is 4.79 Å². The Labute approximate surface area is 137 Å². The van der Waals surface area contributed by atoms with Gasteiger partial charge in [0.1, 0.15) is 5.69 Å². The average Bonchev–Trinajstić information content (AvgIpc) is 3.15. The van der Waals surface area contributed by atoms with E-state index >= 15 is 0 Å². The summed E-state index contributed by atoms with van der Waals surface area (Å²) in [5.74, 6) is 1.45. The monoisotopic (exact) mass is 311 g/mol. The number of amides is 1. The fourth-order valence-electron chi connectivity index (χ4n) is 3.80. The quantitative estimate of drug-likeness (QED) is 0.891. The summed E-state index contributed by atoms with van der Waals surface area (Å²) in [4.78, 5) is 18.0. The Hall–Kier alpha value is -1.81. The maximum Gasteiger partial charge on any atom is 0.267 e. The fourth-order valence-corrected chi connectivity index (χ4v) is 3.80. The first kappa shape index (κ1) is 14.8. The Balaban J connectivity index is 1.40. The van der Waals surface area contributed by atoms with Crippen LogP contribution in [-0.4, -0.2) is 42.5 Å². The van der Waals surface area contributed by atoms with E-state index in [2.05, 4.69) is 40.4 Å². The molecule has 1 amide bonds. The van der Waals surface area contributed by atoms with Crippen molar-refractivity contribution in [3.8, 4) is 0 Å². The van der Waals surface area contributed by atoms with Crippen molar-refractivity contribution in [2.75, 3.05) is 26.7 Å². The zero-order chi connectivity index (χ0) is 15.8. The van der Waals surface area contributed by atoms with Crippen LogP contribution in [0.4, 0.5) is 0 Å². The molecule has 0 spiro atoms. The van der Waals surface area contributed by atoms with Crippen molar-refractivity contribution in [1.82, 2.24) is 15.2 Å². The number of hydrogen-bond acceptors (Lipinski definition) is 2. The van der Waals surface area contributed by atoms with Crippen LogP contribution in [-0.2, 0) is 0 Å². The number of aromatic nitrogens is 1. The smallest absolute Gasteiger partial charge is 0.267 e. The van der Waals surface area contributed by atoms with Gasteiger partial charge in [-0.1, -0.05) is 12.1 Å². The molecular weight excluding hydrogens is 286 g/mol. The van der Waals surface area contributed by atoms with Gasteiger partial charge >= 0.3 is 0 Å². The summed E-state index contributed by atoms with van der Waals surface area (Å²) < 4.78 is 0. The topological polar surface area (TPSA) is 48.1 Å². The van der Waals surface area contributed by atoms with E-state index in [1.54, 1.807) is 0 Å². The van der Waals surface area contributed by atoms with Crippen molar-refractivity contribution in [2.45, 2.75) is 31.6 Å². The highest BCUT2D eigenvalue weighted by Crippen LogP contribution is 2.43. The Morgan fingerprint density at radius 2 is 2.22 bits per heavy atom. The van der Waals surface area contributed by atoms with Gasteiger partial charge in [-0.15, -0.1) is 0 Å². The van der Waals surface area contributed by atoms with Crippen molar-refractivity contribution >= 4 is 16.8 Å². The first-order valence-electron chi connectivity index (χ1n) is 8.79. The SMILES string of the molecule is CN1CCC(CCNC(=O)c2cc3c(C4CC4)cccc3[nH]2)C1. The lowest BCUT2D eigenvalue weighted by Crippen LogP contribution is -2.26. The minimum Gasteiger partial charge on any atom is -0.351 e. The van der Waals surface area contributed by atoms with Gasteiger partial charge in [0.15, 0.2) is 0 Å². The van der Waals surface area contributed by atoms with Crippen LogP contribution >= 0.6 is 0 Å². The number of aromatic amines is 1. The molecule has 1 saturated carbocycles. The standard InChI is InChI=1S/C19H25N3O/c1-22-10-8-13(12-22)7-9-20-19(23)18-11-16-15(14-5-6-14)3-2-4-17(16)21-18/h2-4,11,13-14,21H,5-10,12H2,1H3,(H,20,23). The summed E-state index contributed by atoms with van der Waals surface area (Å²) in [7, 11) is 2.17. The predicted octanol–water partition coefficient (Wildman–Crippen LogP) is 3.12. The summed E-state index contributed by atoms with van der Waals surface area (Å²) >= 11 is 0. The van der Waals surface area contributed by atoms with Crippen molar-refractivity contribution < 1.29 is 4.79 Å². The maximum atomic E-state index is 12.4. The normalized spacial score (nSPS) is 21.9. The molecule has 1 aromatic carbocycles. The third-order valence-corrected chi connectivity index (χ3v) is 5.29. The molecule has 1 saturated heterocycles. The lowest BCUT2D eigenvalue weighted by atomic mass is 10.1. The second-order valence-corrected chi connectivity index (χ2v) is 7.23. The molecule has 1 unspecified atom stereocenters. The molecule has 0 radical (unpaired) electrons. The van der Waals surface area contributed by atoms with Gasteiger partial charge in [-0.2, -0.15) is 0 Å². The van der Waals surface area contributed by atoms with Crippen molar-refractivity contribution in [2.24, 2.45) is 5.92 Å². The highest BCUT2D eigenvalue weighted by Gasteiger charge is 2.26.